The Kier molecular flexibility index (Phi) is 2.52. The predicted octanol–water partition coefficient (Wildman–Crippen LogP) is 3.15. The van der Waals surface area contributed by atoms with Crippen molar-refractivity contribution in [2.75, 3.05) is 0 Å². The molecule has 0 fully saturated rings. The number of nitro benzene ring substituents is 1. The number of aromatic nitrogens is 2. The maximum absolute atomic E-state index is 10.6. The van der Waals surface area contributed by atoms with Gasteiger partial charge in [-0.05, 0) is 29.3 Å². The zero-order valence-corrected chi connectivity index (χ0v) is 10.3. The largest absolute Gasteiger partial charge is 0.269 e. The molecule has 2 aromatic carbocycles. The lowest BCUT2D eigenvalue weighted by molar-refractivity contribution is -0.384. The minimum Gasteiger partial charge on any atom is -0.268 e. The van der Waals surface area contributed by atoms with E-state index in [1.807, 2.05) is 36.1 Å². The molecule has 0 saturated heterocycles. The van der Waals surface area contributed by atoms with Gasteiger partial charge in [-0.15, -0.1) is 0 Å². The van der Waals surface area contributed by atoms with Gasteiger partial charge in [0.05, 0.1) is 16.6 Å². The van der Waals surface area contributed by atoms with E-state index in [4.69, 9.17) is 0 Å². The number of aryl methyl sites for hydroxylation is 1. The number of non-ortho nitro benzene ring substituents is 1. The number of benzene rings is 2. The molecule has 0 unspecified atom stereocenters. The van der Waals surface area contributed by atoms with E-state index in [2.05, 4.69) is 5.10 Å². The Hall–Kier alpha value is -2.69. The third-order valence-corrected chi connectivity index (χ3v) is 3.16. The maximum Gasteiger partial charge on any atom is 0.269 e. The van der Waals surface area contributed by atoms with Gasteiger partial charge >= 0.3 is 0 Å². The zero-order chi connectivity index (χ0) is 13.4. The molecule has 0 aliphatic rings. The molecule has 3 aromatic rings. The van der Waals surface area contributed by atoms with Gasteiger partial charge in [-0.3, -0.25) is 14.8 Å². The first-order valence-electron chi connectivity index (χ1n) is 5.82. The van der Waals surface area contributed by atoms with Crippen molar-refractivity contribution < 1.29 is 4.92 Å². The van der Waals surface area contributed by atoms with Gasteiger partial charge < -0.3 is 0 Å². The van der Waals surface area contributed by atoms with E-state index >= 15 is 0 Å². The highest BCUT2D eigenvalue weighted by molar-refractivity contribution is 5.84. The van der Waals surface area contributed by atoms with Crippen molar-refractivity contribution in [3.05, 3.63) is 58.8 Å². The summed E-state index contributed by atoms with van der Waals surface area (Å²) in [7, 11) is 1.89. The van der Waals surface area contributed by atoms with Gasteiger partial charge in [0.25, 0.3) is 5.69 Å². The van der Waals surface area contributed by atoms with Crippen LogP contribution in [0.3, 0.4) is 0 Å². The van der Waals surface area contributed by atoms with Gasteiger partial charge in [-0.2, -0.15) is 5.10 Å². The highest BCUT2D eigenvalue weighted by Gasteiger charge is 2.06. The number of hydrogen-bond acceptors (Lipinski definition) is 3. The van der Waals surface area contributed by atoms with E-state index in [-0.39, 0.29) is 5.69 Å². The quantitative estimate of drug-likeness (QED) is 0.520. The minimum absolute atomic E-state index is 0.102. The molecule has 94 valence electrons. The summed E-state index contributed by atoms with van der Waals surface area (Å²) in [5, 5.41) is 15.9. The van der Waals surface area contributed by atoms with E-state index in [1.54, 1.807) is 12.1 Å². The smallest absolute Gasteiger partial charge is 0.268 e. The molecule has 1 aromatic heterocycles. The van der Waals surface area contributed by atoms with Crippen LogP contribution in [0.25, 0.3) is 22.0 Å². The molecule has 3 rings (SSSR count). The van der Waals surface area contributed by atoms with Gasteiger partial charge in [0.2, 0.25) is 0 Å². The van der Waals surface area contributed by atoms with Crippen molar-refractivity contribution in [3.8, 4) is 11.1 Å². The van der Waals surface area contributed by atoms with Gasteiger partial charge in [-0.1, -0.05) is 12.1 Å². The topological polar surface area (TPSA) is 61.0 Å². The van der Waals surface area contributed by atoms with Crippen molar-refractivity contribution in [1.82, 2.24) is 9.78 Å². The molecule has 5 heteroatoms. The molecular weight excluding hydrogens is 242 g/mol. The second-order valence-electron chi connectivity index (χ2n) is 4.35. The summed E-state index contributed by atoms with van der Waals surface area (Å²) in [4.78, 5) is 10.2. The molecule has 0 aliphatic carbocycles. The molecule has 19 heavy (non-hydrogen) atoms. The van der Waals surface area contributed by atoms with Crippen molar-refractivity contribution in [2.24, 2.45) is 7.05 Å². The fourth-order valence-electron chi connectivity index (χ4n) is 2.10. The zero-order valence-electron chi connectivity index (χ0n) is 10.3. The highest BCUT2D eigenvalue weighted by Crippen LogP contribution is 2.25. The predicted molar refractivity (Wildman–Crippen MR) is 72.8 cm³/mol. The van der Waals surface area contributed by atoms with Crippen LogP contribution >= 0.6 is 0 Å². The van der Waals surface area contributed by atoms with Gasteiger partial charge in [0.1, 0.15) is 0 Å². The number of fused-ring (bicyclic) bond motifs is 1. The Balaban J connectivity index is 2.08. The van der Waals surface area contributed by atoms with Crippen molar-refractivity contribution in [1.29, 1.82) is 0 Å². The van der Waals surface area contributed by atoms with Crippen LogP contribution in [0.5, 0.6) is 0 Å². The monoisotopic (exact) mass is 253 g/mol. The van der Waals surface area contributed by atoms with Crippen LogP contribution in [-0.2, 0) is 7.05 Å². The van der Waals surface area contributed by atoms with Crippen molar-refractivity contribution >= 4 is 16.6 Å². The van der Waals surface area contributed by atoms with Crippen LogP contribution < -0.4 is 0 Å². The Bertz CT molecular complexity index is 760. The van der Waals surface area contributed by atoms with E-state index in [0.717, 1.165) is 22.0 Å². The first kappa shape index (κ1) is 11.4. The summed E-state index contributed by atoms with van der Waals surface area (Å²) < 4.78 is 1.81. The maximum atomic E-state index is 10.6. The second-order valence-corrected chi connectivity index (χ2v) is 4.35. The first-order chi connectivity index (χ1) is 9.15. The SMILES string of the molecule is Cn1ncc2ccc(-c3ccc([N+](=O)[O-])cc3)cc21. The normalized spacial score (nSPS) is 10.8. The fraction of sp³-hybridized carbons (Fsp3) is 0.0714. The molecule has 0 N–H and O–H groups in total. The molecular formula is C14H11N3O2. The number of rotatable bonds is 2. The van der Waals surface area contributed by atoms with Crippen LogP contribution in [0.1, 0.15) is 0 Å². The standard InChI is InChI=1S/C14H11N3O2/c1-16-14-8-11(2-3-12(14)9-15-16)10-4-6-13(7-5-10)17(18)19/h2-9H,1H3. The van der Waals surface area contributed by atoms with Gasteiger partial charge in [0.15, 0.2) is 0 Å². The molecule has 0 saturated carbocycles. The molecule has 0 bridgehead atoms. The third-order valence-electron chi connectivity index (χ3n) is 3.16. The summed E-state index contributed by atoms with van der Waals surface area (Å²) in [6.07, 6.45) is 1.81. The Labute approximate surface area is 109 Å². The number of hydrogen-bond donors (Lipinski definition) is 0. The average molecular weight is 253 g/mol. The average Bonchev–Trinajstić information content (AvgIpc) is 2.80. The number of nitro groups is 1. The molecule has 5 nitrogen and oxygen atoms in total. The molecule has 0 aliphatic heterocycles. The van der Waals surface area contributed by atoms with Gasteiger partial charge in [-0.25, -0.2) is 0 Å². The molecule has 0 radical (unpaired) electrons. The Morgan fingerprint density at radius 2 is 1.79 bits per heavy atom. The summed E-state index contributed by atoms with van der Waals surface area (Å²) in [5.41, 5.74) is 3.11. The van der Waals surface area contributed by atoms with Crippen molar-refractivity contribution in [3.63, 3.8) is 0 Å². The van der Waals surface area contributed by atoms with Crippen LogP contribution in [0.2, 0.25) is 0 Å². The first-order valence-corrected chi connectivity index (χ1v) is 5.82. The van der Waals surface area contributed by atoms with E-state index < -0.39 is 4.92 Å². The summed E-state index contributed by atoms with van der Waals surface area (Å²) in [5.74, 6) is 0. The summed E-state index contributed by atoms with van der Waals surface area (Å²) in [6.45, 7) is 0. The van der Waals surface area contributed by atoms with E-state index in [0.29, 0.717) is 0 Å². The Morgan fingerprint density at radius 1 is 1.11 bits per heavy atom. The molecule has 0 atom stereocenters. The van der Waals surface area contributed by atoms with Crippen LogP contribution in [-0.4, -0.2) is 14.7 Å². The molecule has 0 amide bonds. The molecule has 1 heterocycles. The minimum atomic E-state index is -0.395. The van der Waals surface area contributed by atoms with Crippen LogP contribution in [0.15, 0.2) is 48.7 Å². The lowest BCUT2D eigenvalue weighted by Gasteiger charge is -2.02. The fourth-order valence-corrected chi connectivity index (χ4v) is 2.10. The summed E-state index contributed by atoms with van der Waals surface area (Å²) in [6, 6.07) is 12.6. The molecule has 0 spiro atoms. The summed E-state index contributed by atoms with van der Waals surface area (Å²) >= 11 is 0. The highest BCUT2D eigenvalue weighted by atomic mass is 16.6. The van der Waals surface area contributed by atoms with Crippen LogP contribution in [0.4, 0.5) is 5.69 Å². The van der Waals surface area contributed by atoms with Gasteiger partial charge in [0, 0.05) is 24.6 Å². The van der Waals surface area contributed by atoms with Crippen LogP contribution in [0, 0.1) is 10.1 Å². The lowest BCUT2D eigenvalue weighted by atomic mass is 10.0. The lowest BCUT2D eigenvalue weighted by Crippen LogP contribution is -1.89. The second kappa shape index (κ2) is 4.20. The van der Waals surface area contributed by atoms with E-state index in [1.165, 1.54) is 12.1 Å². The van der Waals surface area contributed by atoms with Crippen molar-refractivity contribution in [2.45, 2.75) is 0 Å². The Morgan fingerprint density at radius 3 is 2.47 bits per heavy atom. The van der Waals surface area contributed by atoms with E-state index in [9.17, 15) is 10.1 Å². The third kappa shape index (κ3) is 1.95. The number of nitrogens with zero attached hydrogens (tertiary/aromatic N) is 3.